The third-order valence-corrected chi connectivity index (χ3v) is 6.04. The summed E-state index contributed by atoms with van der Waals surface area (Å²) >= 11 is 0. The van der Waals surface area contributed by atoms with Gasteiger partial charge >= 0.3 is 6.09 Å². The van der Waals surface area contributed by atoms with Crippen molar-refractivity contribution in [3.63, 3.8) is 0 Å². The summed E-state index contributed by atoms with van der Waals surface area (Å²) in [5.41, 5.74) is 4.87. The van der Waals surface area contributed by atoms with Crippen LogP contribution >= 0.6 is 0 Å². The van der Waals surface area contributed by atoms with E-state index < -0.39 is 12.2 Å². The highest BCUT2D eigenvalue weighted by Gasteiger charge is 2.22. The number of nitriles is 1. The topological polar surface area (TPSA) is 140 Å². The number of ether oxygens (including phenoxy) is 1. The SMILES string of the molecule is Cc1ccc(Nc2ccc3c(c2)ncn3-c2ccc([C@H](C)OC(=O)N(C)C)c(-n3nc(C#N)cc3C)n2)nn1. The molecule has 196 valence electrons. The molecule has 12 heteroatoms. The molecule has 5 rings (SSSR count). The summed E-state index contributed by atoms with van der Waals surface area (Å²) in [4.78, 5) is 23.1. The lowest BCUT2D eigenvalue weighted by Gasteiger charge is -2.20. The van der Waals surface area contributed by atoms with Gasteiger partial charge in [0.2, 0.25) is 0 Å². The predicted molar refractivity (Wildman–Crippen MR) is 144 cm³/mol. The van der Waals surface area contributed by atoms with Crippen LogP contribution in [-0.2, 0) is 4.74 Å². The van der Waals surface area contributed by atoms with Crippen LogP contribution in [0.1, 0.15) is 35.7 Å². The molecular weight excluding hydrogens is 496 g/mol. The number of anilines is 2. The van der Waals surface area contributed by atoms with E-state index in [1.54, 1.807) is 38.1 Å². The van der Waals surface area contributed by atoms with Crippen LogP contribution in [0.5, 0.6) is 0 Å². The molecule has 4 heterocycles. The number of fused-ring (bicyclic) bond motifs is 1. The number of hydrogen-bond donors (Lipinski definition) is 1. The second kappa shape index (κ2) is 10.2. The van der Waals surface area contributed by atoms with Gasteiger partial charge in [0.15, 0.2) is 17.3 Å². The minimum Gasteiger partial charge on any atom is -0.441 e. The van der Waals surface area contributed by atoms with Crippen LogP contribution in [0.3, 0.4) is 0 Å². The van der Waals surface area contributed by atoms with Crippen LogP contribution in [0.4, 0.5) is 16.3 Å². The highest BCUT2D eigenvalue weighted by molar-refractivity contribution is 5.82. The Bertz CT molecular complexity index is 1710. The van der Waals surface area contributed by atoms with Gasteiger partial charge in [-0.25, -0.2) is 19.4 Å². The number of aromatic nitrogens is 7. The van der Waals surface area contributed by atoms with E-state index in [0.717, 1.165) is 22.4 Å². The molecule has 0 fully saturated rings. The van der Waals surface area contributed by atoms with Crippen molar-refractivity contribution >= 4 is 28.6 Å². The first kappa shape index (κ1) is 25.3. The quantitative estimate of drug-likeness (QED) is 0.344. The third-order valence-electron chi connectivity index (χ3n) is 6.04. The third kappa shape index (κ3) is 5.10. The minimum absolute atomic E-state index is 0.259. The number of nitrogens with one attached hydrogen (secondary N) is 1. The lowest BCUT2D eigenvalue weighted by atomic mass is 10.1. The van der Waals surface area contributed by atoms with Gasteiger partial charge in [0.1, 0.15) is 24.3 Å². The van der Waals surface area contributed by atoms with Crippen LogP contribution in [0.15, 0.2) is 54.9 Å². The Morgan fingerprint density at radius 3 is 2.62 bits per heavy atom. The van der Waals surface area contributed by atoms with Gasteiger partial charge in [-0.3, -0.25) is 4.57 Å². The van der Waals surface area contributed by atoms with Crippen LogP contribution in [0.25, 0.3) is 22.7 Å². The van der Waals surface area contributed by atoms with Crippen LogP contribution in [0, 0.1) is 25.2 Å². The summed E-state index contributed by atoms with van der Waals surface area (Å²) in [5, 5.41) is 25.2. The molecule has 1 N–H and O–H groups in total. The van der Waals surface area contributed by atoms with Crippen molar-refractivity contribution in [1.82, 2.24) is 39.4 Å². The Labute approximate surface area is 224 Å². The van der Waals surface area contributed by atoms with Gasteiger partial charge in [-0.15, -0.1) is 5.10 Å². The highest BCUT2D eigenvalue weighted by Crippen LogP contribution is 2.28. The fraction of sp³-hybridized carbons (Fsp3) is 0.222. The fourth-order valence-electron chi connectivity index (χ4n) is 4.02. The number of hydrogen-bond acceptors (Lipinski definition) is 9. The number of imidazole rings is 1. The standard InChI is InChI=1S/C27H26N10O2/c1-16-6-10-24(33-32-16)30-19-7-9-23-22(13-19)29-15-36(23)25-11-8-21(18(3)39-27(38)35(4)5)26(31-25)37-17(2)12-20(14-28)34-37/h6-13,15,18H,1-5H3,(H,30,33)/t18-/m0/s1. The summed E-state index contributed by atoms with van der Waals surface area (Å²) in [7, 11) is 3.24. The molecule has 0 bridgehead atoms. The molecule has 1 aromatic carbocycles. The number of pyridine rings is 1. The molecule has 0 spiro atoms. The van der Waals surface area contributed by atoms with Crippen LogP contribution in [0.2, 0.25) is 0 Å². The van der Waals surface area contributed by atoms with Gasteiger partial charge in [0.05, 0.1) is 16.7 Å². The van der Waals surface area contributed by atoms with E-state index in [1.165, 1.54) is 4.90 Å². The van der Waals surface area contributed by atoms with Crippen molar-refractivity contribution in [2.75, 3.05) is 19.4 Å². The van der Waals surface area contributed by atoms with Gasteiger partial charge in [0, 0.05) is 31.0 Å². The monoisotopic (exact) mass is 522 g/mol. The molecule has 1 amide bonds. The van der Waals surface area contributed by atoms with E-state index in [-0.39, 0.29) is 5.69 Å². The van der Waals surface area contributed by atoms with E-state index in [2.05, 4.69) is 31.7 Å². The lowest BCUT2D eigenvalue weighted by Crippen LogP contribution is -2.24. The van der Waals surface area contributed by atoms with Crippen LogP contribution in [-0.4, -0.2) is 59.6 Å². The first-order valence-corrected chi connectivity index (χ1v) is 12.1. The Balaban J connectivity index is 1.54. The fourth-order valence-corrected chi connectivity index (χ4v) is 4.02. The van der Waals surface area contributed by atoms with Gasteiger partial charge < -0.3 is 15.0 Å². The summed E-state index contributed by atoms with van der Waals surface area (Å²) in [6.07, 6.45) is 0.593. The lowest BCUT2D eigenvalue weighted by molar-refractivity contribution is 0.0824. The normalized spacial score (nSPS) is 11.7. The molecular formula is C27H26N10O2. The molecule has 1 atom stereocenters. The second-order valence-electron chi connectivity index (χ2n) is 9.20. The molecule has 0 radical (unpaired) electrons. The van der Waals surface area contributed by atoms with Gasteiger partial charge in [-0.2, -0.15) is 15.5 Å². The summed E-state index contributed by atoms with van der Waals surface area (Å²) in [5.74, 6) is 1.67. The maximum Gasteiger partial charge on any atom is 0.409 e. The first-order chi connectivity index (χ1) is 18.7. The van der Waals surface area contributed by atoms with Crippen molar-refractivity contribution in [1.29, 1.82) is 5.26 Å². The van der Waals surface area contributed by atoms with Crippen molar-refractivity contribution < 1.29 is 9.53 Å². The second-order valence-corrected chi connectivity index (χ2v) is 9.20. The number of aryl methyl sites for hydroxylation is 2. The van der Waals surface area contributed by atoms with Crippen molar-refractivity contribution in [3.8, 4) is 17.7 Å². The Morgan fingerprint density at radius 2 is 1.92 bits per heavy atom. The van der Waals surface area contributed by atoms with E-state index in [1.807, 2.05) is 60.9 Å². The van der Waals surface area contributed by atoms with E-state index in [0.29, 0.717) is 28.7 Å². The van der Waals surface area contributed by atoms with Crippen molar-refractivity contribution in [2.45, 2.75) is 26.9 Å². The Morgan fingerprint density at radius 1 is 1.10 bits per heavy atom. The summed E-state index contributed by atoms with van der Waals surface area (Å²) in [6.45, 7) is 5.49. The average molecular weight is 523 g/mol. The van der Waals surface area contributed by atoms with Crippen molar-refractivity contribution in [2.24, 2.45) is 0 Å². The number of nitrogens with zero attached hydrogens (tertiary/aromatic N) is 9. The van der Waals surface area contributed by atoms with E-state index in [9.17, 15) is 10.1 Å². The average Bonchev–Trinajstić information content (AvgIpc) is 3.52. The number of amides is 1. The van der Waals surface area contributed by atoms with E-state index in [4.69, 9.17) is 9.72 Å². The highest BCUT2D eigenvalue weighted by atomic mass is 16.6. The number of carbonyl (C=O) groups excluding carboxylic acids is 1. The molecule has 0 aliphatic heterocycles. The predicted octanol–water partition coefficient (Wildman–Crippen LogP) is 4.39. The summed E-state index contributed by atoms with van der Waals surface area (Å²) < 4.78 is 9.05. The zero-order valence-electron chi connectivity index (χ0n) is 22.1. The van der Waals surface area contributed by atoms with Crippen molar-refractivity contribution in [3.05, 3.63) is 77.5 Å². The van der Waals surface area contributed by atoms with E-state index >= 15 is 0 Å². The minimum atomic E-state index is -0.622. The molecule has 39 heavy (non-hydrogen) atoms. The first-order valence-electron chi connectivity index (χ1n) is 12.1. The molecule has 5 aromatic rings. The van der Waals surface area contributed by atoms with Gasteiger partial charge in [0.25, 0.3) is 0 Å². The molecule has 12 nitrogen and oxygen atoms in total. The molecule has 0 saturated heterocycles. The molecule has 4 aromatic heterocycles. The number of carbonyl (C=O) groups is 1. The number of benzene rings is 1. The van der Waals surface area contributed by atoms with Gasteiger partial charge in [-0.05, 0) is 69.3 Å². The Hall–Kier alpha value is -5.31. The largest absolute Gasteiger partial charge is 0.441 e. The summed E-state index contributed by atoms with van der Waals surface area (Å²) in [6, 6.07) is 17.0. The molecule has 0 aliphatic rings. The smallest absolute Gasteiger partial charge is 0.409 e. The van der Waals surface area contributed by atoms with Crippen LogP contribution < -0.4 is 5.32 Å². The molecule has 0 aliphatic carbocycles. The maximum atomic E-state index is 12.2. The zero-order valence-corrected chi connectivity index (χ0v) is 22.1. The molecule has 0 unspecified atom stereocenters. The molecule has 0 saturated carbocycles. The van der Waals surface area contributed by atoms with Gasteiger partial charge in [-0.1, -0.05) is 0 Å². The maximum absolute atomic E-state index is 12.2. The zero-order chi connectivity index (χ0) is 27.7. The Kier molecular flexibility index (Phi) is 6.64. The number of rotatable bonds is 6.